The van der Waals surface area contributed by atoms with Crippen molar-refractivity contribution in [3.63, 3.8) is 0 Å². The molecule has 18 heavy (non-hydrogen) atoms. The van der Waals surface area contributed by atoms with Crippen LogP contribution in [0.5, 0.6) is 0 Å². The van der Waals surface area contributed by atoms with Crippen LogP contribution in [0.2, 0.25) is 0 Å². The van der Waals surface area contributed by atoms with Crippen molar-refractivity contribution in [1.82, 2.24) is 0 Å². The van der Waals surface area contributed by atoms with Crippen molar-refractivity contribution in [3.8, 4) is 0 Å². The first-order chi connectivity index (χ1) is 8.49. The third kappa shape index (κ3) is 2.65. The summed E-state index contributed by atoms with van der Waals surface area (Å²) in [6.45, 7) is 5.96. The highest BCUT2D eigenvalue weighted by molar-refractivity contribution is 5.82. The number of ketones is 1. The minimum Gasteiger partial charge on any atom is -0.461 e. The van der Waals surface area contributed by atoms with E-state index < -0.39 is 0 Å². The molecule has 1 saturated heterocycles. The molecule has 1 heterocycles. The fraction of sp³-hybridized carbons (Fsp3) is 0.733. The number of Topliss-reactive ketones (excluding diaryl/α,β-unsaturated/α-hetero) is 1. The summed E-state index contributed by atoms with van der Waals surface area (Å²) in [4.78, 5) is 23.6. The Kier molecular flexibility index (Phi) is 3.88. The lowest BCUT2D eigenvalue weighted by Gasteiger charge is -2.22. The average Bonchev–Trinajstić information content (AvgIpc) is 2.58. The molecule has 1 aliphatic carbocycles. The van der Waals surface area contributed by atoms with Gasteiger partial charge in [0.05, 0.1) is 5.92 Å². The van der Waals surface area contributed by atoms with Gasteiger partial charge in [0.1, 0.15) is 11.9 Å². The number of rotatable bonds is 0. The summed E-state index contributed by atoms with van der Waals surface area (Å²) in [5, 5.41) is 0. The molecule has 3 heteroatoms. The molecule has 0 aromatic carbocycles. The van der Waals surface area contributed by atoms with Gasteiger partial charge in [0, 0.05) is 24.7 Å². The van der Waals surface area contributed by atoms with Crippen molar-refractivity contribution in [2.24, 2.45) is 17.8 Å². The zero-order valence-electron chi connectivity index (χ0n) is 11.4. The van der Waals surface area contributed by atoms with E-state index in [9.17, 15) is 9.59 Å². The highest BCUT2D eigenvalue weighted by Gasteiger charge is 2.41. The summed E-state index contributed by atoms with van der Waals surface area (Å²) in [6.07, 6.45) is 5.10. The molecule has 0 aromatic heterocycles. The van der Waals surface area contributed by atoms with E-state index in [1.54, 1.807) is 0 Å². The fourth-order valence-corrected chi connectivity index (χ4v) is 2.95. The first kappa shape index (κ1) is 13.3. The number of hydrogen-bond acceptors (Lipinski definition) is 3. The number of carbonyl (C=O) groups is 2. The summed E-state index contributed by atoms with van der Waals surface area (Å²) >= 11 is 0. The predicted octanol–water partition coefficient (Wildman–Crippen LogP) is 2.89. The van der Waals surface area contributed by atoms with Crippen LogP contribution < -0.4 is 0 Å². The van der Waals surface area contributed by atoms with E-state index in [1.807, 2.05) is 26.8 Å². The molecule has 1 fully saturated rings. The van der Waals surface area contributed by atoms with Crippen molar-refractivity contribution in [1.29, 1.82) is 0 Å². The van der Waals surface area contributed by atoms with E-state index in [4.69, 9.17) is 4.74 Å². The molecule has 0 radical (unpaired) electrons. The van der Waals surface area contributed by atoms with Gasteiger partial charge in [0.25, 0.3) is 0 Å². The predicted molar refractivity (Wildman–Crippen MR) is 68.9 cm³/mol. The highest BCUT2D eigenvalue weighted by Crippen LogP contribution is 2.36. The van der Waals surface area contributed by atoms with E-state index in [0.29, 0.717) is 12.2 Å². The molecule has 0 unspecified atom stereocenters. The molecule has 0 spiro atoms. The molecule has 1 aliphatic heterocycles. The van der Waals surface area contributed by atoms with Gasteiger partial charge < -0.3 is 4.74 Å². The van der Waals surface area contributed by atoms with Gasteiger partial charge in [0.2, 0.25) is 0 Å². The molecule has 100 valence electrons. The lowest BCUT2D eigenvalue weighted by Crippen LogP contribution is -2.23. The summed E-state index contributed by atoms with van der Waals surface area (Å²) in [5.74, 6) is 0.580. The molecule has 3 nitrogen and oxygen atoms in total. The second-order valence-corrected chi connectivity index (χ2v) is 5.83. The van der Waals surface area contributed by atoms with Crippen LogP contribution in [0.3, 0.4) is 0 Å². The monoisotopic (exact) mass is 250 g/mol. The van der Waals surface area contributed by atoms with E-state index in [2.05, 4.69) is 0 Å². The Morgan fingerprint density at radius 2 is 1.94 bits per heavy atom. The highest BCUT2D eigenvalue weighted by atomic mass is 16.6. The number of hydrogen-bond donors (Lipinski definition) is 0. The molecule has 0 aromatic rings. The number of carbonyl (C=O) groups excluding carboxylic acids is 2. The van der Waals surface area contributed by atoms with Crippen molar-refractivity contribution in [2.75, 3.05) is 0 Å². The Morgan fingerprint density at radius 1 is 1.22 bits per heavy atom. The quantitative estimate of drug-likeness (QED) is 0.490. The molecule has 4 atom stereocenters. The van der Waals surface area contributed by atoms with Gasteiger partial charge in [-0.15, -0.1) is 0 Å². The maximum Gasteiger partial charge on any atom is 0.309 e. The van der Waals surface area contributed by atoms with Crippen LogP contribution in [0.1, 0.15) is 46.5 Å². The number of fused-ring (bicyclic) bond motifs is 1. The standard InChI is InChI=1S/C15H22O3/c1-9-4-7-13(16)10(2)5-6-12-11(3)15(17)18-14(12)8-9/h4,10-12,14H,5-8H2,1-3H3/b9-4+/t10-,11+,12+,14+/m0/s1. The normalized spacial score (nSPS) is 40.7. The lowest BCUT2D eigenvalue weighted by molar-refractivity contribution is -0.143. The third-order valence-corrected chi connectivity index (χ3v) is 4.42. The molecule has 0 bridgehead atoms. The SMILES string of the molecule is C/C1=C\CC(=O)[C@@H](C)CC[C@H]2[C@@H](C1)OC(=O)[C@@H]2C. The second-order valence-electron chi connectivity index (χ2n) is 5.83. The minimum absolute atomic E-state index is 0.0177. The Labute approximate surface area is 109 Å². The Balaban J connectivity index is 2.19. The van der Waals surface area contributed by atoms with Gasteiger partial charge in [-0.3, -0.25) is 9.59 Å². The molecular weight excluding hydrogens is 228 g/mol. The van der Waals surface area contributed by atoms with Crippen LogP contribution in [0, 0.1) is 17.8 Å². The minimum atomic E-state index is -0.0731. The van der Waals surface area contributed by atoms with Gasteiger partial charge in [0.15, 0.2) is 0 Å². The van der Waals surface area contributed by atoms with Gasteiger partial charge in [-0.2, -0.15) is 0 Å². The summed E-state index contributed by atoms with van der Waals surface area (Å²) in [6, 6.07) is 0. The largest absolute Gasteiger partial charge is 0.461 e. The van der Waals surface area contributed by atoms with Crippen LogP contribution in [0.4, 0.5) is 0 Å². The van der Waals surface area contributed by atoms with Crippen molar-refractivity contribution >= 4 is 11.8 Å². The van der Waals surface area contributed by atoms with E-state index in [0.717, 1.165) is 24.8 Å². The van der Waals surface area contributed by atoms with E-state index in [-0.39, 0.29) is 29.8 Å². The lowest BCUT2D eigenvalue weighted by atomic mass is 9.81. The third-order valence-electron chi connectivity index (χ3n) is 4.42. The van der Waals surface area contributed by atoms with Crippen molar-refractivity contribution < 1.29 is 14.3 Å². The van der Waals surface area contributed by atoms with Crippen LogP contribution in [0.15, 0.2) is 11.6 Å². The molecular formula is C15H22O3. The van der Waals surface area contributed by atoms with Gasteiger partial charge in [-0.05, 0) is 19.8 Å². The Morgan fingerprint density at radius 3 is 2.67 bits per heavy atom. The summed E-state index contributed by atoms with van der Waals surface area (Å²) < 4.78 is 5.48. The summed E-state index contributed by atoms with van der Waals surface area (Å²) in [5.41, 5.74) is 1.16. The van der Waals surface area contributed by atoms with E-state index >= 15 is 0 Å². The first-order valence-electron chi connectivity index (χ1n) is 6.88. The molecule has 0 saturated carbocycles. The second kappa shape index (κ2) is 5.25. The summed E-state index contributed by atoms with van der Waals surface area (Å²) in [7, 11) is 0. The topological polar surface area (TPSA) is 43.4 Å². The molecule has 0 amide bonds. The van der Waals surface area contributed by atoms with Gasteiger partial charge in [-0.25, -0.2) is 0 Å². The fourth-order valence-electron chi connectivity index (χ4n) is 2.95. The average molecular weight is 250 g/mol. The molecule has 2 aliphatic rings. The van der Waals surface area contributed by atoms with Gasteiger partial charge in [-0.1, -0.05) is 25.5 Å². The first-order valence-corrected chi connectivity index (χ1v) is 6.88. The Hall–Kier alpha value is -1.12. The van der Waals surface area contributed by atoms with E-state index in [1.165, 1.54) is 0 Å². The van der Waals surface area contributed by atoms with Crippen LogP contribution in [-0.4, -0.2) is 17.9 Å². The number of allylic oxidation sites excluding steroid dienone is 1. The maximum atomic E-state index is 11.9. The van der Waals surface area contributed by atoms with Gasteiger partial charge >= 0.3 is 5.97 Å². The van der Waals surface area contributed by atoms with Crippen LogP contribution in [0.25, 0.3) is 0 Å². The smallest absolute Gasteiger partial charge is 0.309 e. The Bertz CT molecular complexity index is 383. The number of ether oxygens (including phenoxy) is 1. The van der Waals surface area contributed by atoms with Crippen LogP contribution >= 0.6 is 0 Å². The van der Waals surface area contributed by atoms with Crippen LogP contribution in [-0.2, 0) is 14.3 Å². The zero-order chi connectivity index (χ0) is 13.3. The number of esters is 1. The maximum absolute atomic E-state index is 11.9. The zero-order valence-corrected chi connectivity index (χ0v) is 11.4. The molecule has 2 rings (SSSR count). The van der Waals surface area contributed by atoms with Crippen molar-refractivity contribution in [2.45, 2.75) is 52.6 Å². The molecule has 0 N–H and O–H groups in total. The van der Waals surface area contributed by atoms with Crippen molar-refractivity contribution in [3.05, 3.63) is 11.6 Å².